The average molecular weight is 318 g/mol. The molecular weight excluding hydrogens is 309 g/mol. The third-order valence-electron chi connectivity index (χ3n) is 3.30. The molecule has 0 heterocycles. The second kappa shape index (κ2) is 5.94. The highest BCUT2D eigenvalue weighted by Crippen LogP contribution is 2.24. The Morgan fingerprint density at radius 2 is 1.50 bits per heavy atom. The summed E-state index contributed by atoms with van der Waals surface area (Å²) in [5.74, 6) is -9.89. The molecule has 0 atom stereocenters. The zero-order chi connectivity index (χ0) is 16.6. The SMILES string of the molecule is COc1c(F)c(F)c(F)c(Bc2cc(F)cc(F)c2C)c1F. The van der Waals surface area contributed by atoms with E-state index in [1.165, 1.54) is 6.92 Å². The standard InChI is InChI=1S/C14H9BF6O/c1-5-7(3-6(16)4-8(5)17)15-9-10(18)12(20)13(21)14(22-2)11(9)19/h3-4,15H,1-2H3. The molecule has 0 N–H and O–H groups in total. The lowest BCUT2D eigenvalue weighted by atomic mass is 9.62. The molecule has 2 rings (SSSR count). The molecule has 0 spiro atoms. The van der Waals surface area contributed by atoms with E-state index in [0.717, 1.165) is 13.2 Å². The number of benzene rings is 2. The van der Waals surface area contributed by atoms with Gasteiger partial charge >= 0.3 is 0 Å². The summed E-state index contributed by atoms with van der Waals surface area (Å²) >= 11 is 0. The van der Waals surface area contributed by atoms with Gasteiger partial charge in [-0.1, -0.05) is 5.46 Å². The molecule has 2 aromatic carbocycles. The number of methoxy groups -OCH3 is 1. The molecule has 1 nitrogen and oxygen atoms in total. The number of ether oxygens (including phenoxy) is 1. The van der Waals surface area contributed by atoms with Gasteiger partial charge in [-0.25, -0.2) is 22.0 Å². The van der Waals surface area contributed by atoms with Crippen molar-refractivity contribution in [2.24, 2.45) is 0 Å². The largest absolute Gasteiger partial charge is 0.491 e. The summed E-state index contributed by atoms with van der Waals surface area (Å²) in [4.78, 5) is 0. The molecule has 0 aliphatic rings. The highest BCUT2D eigenvalue weighted by atomic mass is 19.2. The van der Waals surface area contributed by atoms with Crippen molar-refractivity contribution in [2.75, 3.05) is 7.11 Å². The van der Waals surface area contributed by atoms with Crippen LogP contribution in [0.3, 0.4) is 0 Å². The number of hydrogen-bond acceptors (Lipinski definition) is 1. The van der Waals surface area contributed by atoms with E-state index in [-0.39, 0.29) is 11.0 Å². The van der Waals surface area contributed by atoms with E-state index in [4.69, 9.17) is 0 Å². The Balaban J connectivity index is 2.62. The summed E-state index contributed by atoms with van der Waals surface area (Å²) in [7, 11) is 0.224. The highest BCUT2D eigenvalue weighted by Gasteiger charge is 2.27. The van der Waals surface area contributed by atoms with Gasteiger partial charge in [0.1, 0.15) is 11.6 Å². The van der Waals surface area contributed by atoms with Crippen molar-refractivity contribution in [2.45, 2.75) is 6.92 Å². The molecule has 116 valence electrons. The molecule has 0 saturated carbocycles. The molecule has 0 fully saturated rings. The minimum absolute atomic E-state index is 0.0519. The van der Waals surface area contributed by atoms with Gasteiger partial charge in [-0.05, 0) is 24.0 Å². The van der Waals surface area contributed by atoms with Crippen LogP contribution >= 0.6 is 0 Å². The molecule has 0 unspecified atom stereocenters. The summed E-state index contributed by atoms with van der Waals surface area (Å²) < 4.78 is 85.6. The van der Waals surface area contributed by atoms with Crippen molar-refractivity contribution in [3.8, 4) is 5.75 Å². The first-order valence-corrected chi connectivity index (χ1v) is 6.11. The quantitative estimate of drug-likeness (QED) is 0.365. The van der Waals surface area contributed by atoms with Gasteiger partial charge in [0.15, 0.2) is 23.2 Å². The Kier molecular flexibility index (Phi) is 4.39. The molecule has 0 bridgehead atoms. The van der Waals surface area contributed by atoms with Crippen LogP contribution in [0.2, 0.25) is 0 Å². The normalized spacial score (nSPS) is 10.7. The topological polar surface area (TPSA) is 9.23 Å². The van der Waals surface area contributed by atoms with Gasteiger partial charge in [0.05, 0.1) is 7.11 Å². The van der Waals surface area contributed by atoms with Crippen molar-refractivity contribution in [3.63, 3.8) is 0 Å². The van der Waals surface area contributed by atoms with E-state index in [2.05, 4.69) is 4.74 Å². The maximum atomic E-state index is 14.0. The fourth-order valence-electron chi connectivity index (χ4n) is 2.07. The molecular formula is C14H9BF6O. The van der Waals surface area contributed by atoms with E-state index in [9.17, 15) is 26.3 Å². The molecule has 22 heavy (non-hydrogen) atoms. The lowest BCUT2D eigenvalue weighted by molar-refractivity contribution is 0.338. The van der Waals surface area contributed by atoms with Crippen molar-refractivity contribution in [1.29, 1.82) is 0 Å². The first kappa shape index (κ1) is 16.3. The van der Waals surface area contributed by atoms with Gasteiger partial charge in [0.2, 0.25) is 13.1 Å². The Labute approximate surface area is 122 Å². The van der Waals surface area contributed by atoms with Gasteiger partial charge < -0.3 is 4.74 Å². The second-order valence-corrected chi connectivity index (χ2v) is 4.62. The number of halogens is 6. The van der Waals surface area contributed by atoms with E-state index < -0.39 is 53.4 Å². The molecule has 8 heteroatoms. The average Bonchev–Trinajstić information content (AvgIpc) is 2.46. The summed E-state index contributed by atoms with van der Waals surface area (Å²) in [6.07, 6.45) is 0. The molecule has 0 aliphatic carbocycles. The van der Waals surface area contributed by atoms with Crippen LogP contribution in [0, 0.1) is 41.8 Å². The van der Waals surface area contributed by atoms with Crippen LogP contribution < -0.4 is 15.7 Å². The third kappa shape index (κ3) is 2.65. The third-order valence-corrected chi connectivity index (χ3v) is 3.30. The summed E-state index contributed by atoms with van der Waals surface area (Å²) in [6, 6.07) is 1.47. The molecule has 0 radical (unpaired) electrons. The van der Waals surface area contributed by atoms with E-state index in [0.29, 0.717) is 6.07 Å². The predicted octanol–water partition coefficient (Wildman–Crippen LogP) is 2.23. The molecule has 0 aromatic heterocycles. The predicted molar refractivity (Wildman–Crippen MR) is 70.3 cm³/mol. The Bertz CT molecular complexity index is 747. The fraction of sp³-hybridized carbons (Fsp3) is 0.143. The fourth-order valence-corrected chi connectivity index (χ4v) is 2.07. The number of rotatable bonds is 3. The van der Waals surface area contributed by atoms with Crippen LogP contribution in [0.4, 0.5) is 26.3 Å². The highest BCUT2D eigenvalue weighted by molar-refractivity contribution is 6.68. The van der Waals surface area contributed by atoms with Gasteiger partial charge in [-0.3, -0.25) is 0 Å². The van der Waals surface area contributed by atoms with E-state index in [1.807, 2.05) is 0 Å². The number of hydrogen-bond donors (Lipinski definition) is 0. The molecule has 2 aromatic rings. The monoisotopic (exact) mass is 318 g/mol. The van der Waals surface area contributed by atoms with Gasteiger partial charge in [0, 0.05) is 6.07 Å². The van der Waals surface area contributed by atoms with Crippen molar-refractivity contribution < 1.29 is 31.1 Å². The van der Waals surface area contributed by atoms with Crippen molar-refractivity contribution in [3.05, 3.63) is 52.6 Å². The Morgan fingerprint density at radius 1 is 0.864 bits per heavy atom. The van der Waals surface area contributed by atoms with E-state index in [1.54, 1.807) is 0 Å². The lowest BCUT2D eigenvalue weighted by Gasteiger charge is -2.12. The lowest BCUT2D eigenvalue weighted by Crippen LogP contribution is -2.36. The van der Waals surface area contributed by atoms with E-state index >= 15 is 0 Å². The summed E-state index contributed by atoms with van der Waals surface area (Å²) in [5, 5.41) is 0. The maximum absolute atomic E-state index is 14.0. The maximum Gasteiger partial charge on any atom is 0.206 e. The Hall–Kier alpha value is -2.12. The van der Waals surface area contributed by atoms with Crippen LogP contribution in [-0.4, -0.2) is 14.4 Å². The minimum atomic E-state index is -1.91. The van der Waals surface area contributed by atoms with Crippen LogP contribution in [0.5, 0.6) is 5.75 Å². The first-order valence-electron chi connectivity index (χ1n) is 6.11. The van der Waals surface area contributed by atoms with Crippen molar-refractivity contribution >= 4 is 18.2 Å². The van der Waals surface area contributed by atoms with Crippen LogP contribution in [0.1, 0.15) is 5.56 Å². The van der Waals surface area contributed by atoms with Gasteiger partial charge in [-0.2, -0.15) is 4.39 Å². The van der Waals surface area contributed by atoms with Gasteiger partial charge in [0.25, 0.3) is 0 Å². The Morgan fingerprint density at radius 3 is 2.09 bits per heavy atom. The second-order valence-electron chi connectivity index (χ2n) is 4.62. The van der Waals surface area contributed by atoms with Crippen molar-refractivity contribution in [1.82, 2.24) is 0 Å². The van der Waals surface area contributed by atoms with Crippen LogP contribution in [-0.2, 0) is 0 Å². The summed E-state index contributed by atoms with van der Waals surface area (Å²) in [6.45, 7) is 1.27. The zero-order valence-electron chi connectivity index (χ0n) is 11.5. The zero-order valence-corrected chi connectivity index (χ0v) is 11.5. The minimum Gasteiger partial charge on any atom is -0.491 e. The van der Waals surface area contributed by atoms with Crippen LogP contribution in [0.15, 0.2) is 12.1 Å². The first-order chi connectivity index (χ1) is 10.3. The molecule has 0 saturated heterocycles. The molecule has 0 amide bonds. The molecule has 0 aliphatic heterocycles. The smallest absolute Gasteiger partial charge is 0.206 e. The van der Waals surface area contributed by atoms with Crippen LogP contribution in [0.25, 0.3) is 0 Å². The summed E-state index contributed by atoms with van der Waals surface area (Å²) in [5.41, 5.74) is -1.02. The van der Waals surface area contributed by atoms with Gasteiger partial charge in [-0.15, -0.1) is 0 Å².